The molecular formula is C17H19N3O. The van der Waals surface area contributed by atoms with Gasteiger partial charge in [-0.3, -0.25) is 9.89 Å². The second kappa shape index (κ2) is 5.20. The third kappa shape index (κ3) is 2.37. The first-order valence-electron chi connectivity index (χ1n) is 7.22. The molecule has 0 fully saturated rings. The van der Waals surface area contributed by atoms with Crippen LogP contribution in [-0.2, 0) is 6.42 Å². The molecule has 4 nitrogen and oxygen atoms in total. The minimum atomic E-state index is -0.000943. The molecule has 0 unspecified atom stereocenters. The van der Waals surface area contributed by atoms with E-state index in [1.165, 1.54) is 0 Å². The van der Waals surface area contributed by atoms with Crippen molar-refractivity contribution in [1.82, 2.24) is 14.6 Å². The largest absolute Gasteiger partial charge is 0.293 e. The zero-order valence-electron chi connectivity index (χ0n) is 12.6. The first kappa shape index (κ1) is 13.6. The van der Waals surface area contributed by atoms with Gasteiger partial charge in [0.2, 0.25) is 0 Å². The van der Waals surface area contributed by atoms with Crippen molar-refractivity contribution in [2.24, 2.45) is 5.92 Å². The van der Waals surface area contributed by atoms with Gasteiger partial charge in [-0.2, -0.15) is 0 Å². The smallest absolute Gasteiger partial charge is 0.275 e. The molecule has 2 heterocycles. The van der Waals surface area contributed by atoms with Crippen LogP contribution in [0.1, 0.15) is 25.1 Å². The third-order valence-corrected chi connectivity index (χ3v) is 3.60. The summed E-state index contributed by atoms with van der Waals surface area (Å²) in [5.41, 5.74) is 4.45. The number of aromatic nitrogens is 3. The van der Waals surface area contributed by atoms with Crippen LogP contribution in [0.5, 0.6) is 0 Å². The Morgan fingerprint density at radius 3 is 2.62 bits per heavy atom. The highest BCUT2D eigenvalue weighted by atomic mass is 16.1. The number of fused-ring (bicyclic) bond motifs is 1. The summed E-state index contributed by atoms with van der Waals surface area (Å²) in [7, 11) is 0. The Morgan fingerprint density at radius 1 is 1.24 bits per heavy atom. The van der Waals surface area contributed by atoms with Gasteiger partial charge in [-0.05, 0) is 24.8 Å². The molecule has 2 aromatic heterocycles. The molecule has 0 aliphatic heterocycles. The number of aromatic amines is 1. The van der Waals surface area contributed by atoms with Crippen LogP contribution in [0.3, 0.4) is 0 Å². The number of hydrogen-bond donors (Lipinski definition) is 1. The van der Waals surface area contributed by atoms with E-state index in [-0.39, 0.29) is 5.56 Å². The van der Waals surface area contributed by atoms with Crippen LogP contribution in [0.4, 0.5) is 0 Å². The highest BCUT2D eigenvalue weighted by Crippen LogP contribution is 2.25. The predicted molar refractivity (Wildman–Crippen MR) is 84.5 cm³/mol. The second-order valence-corrected chi connectivity index (χ2v) is 5.82. The minimum absolute atomic E-state index is 0.000943. The molecule has 0 aliphatic carbocycles. The van der Waals surface area contributed by atoms with Gasteiger partial charge in [0.25, 0.3) is 5.56 Å². The summed E-state index contributed by atoms with van der Waals surface area (Å²) < 4.78 is 1.56. The van der Waals surface area contributed by atoms with Crippen molar-refractivity contribution in [3.63, 3.8) is 0 Å². The summed E-state index contributed by atoms with van der Waals surface area (Å²) in [6, 6.07) is 10.0. The topological polar surface area (TPSA) is 50.2 Å². The van der Waals surface area contributed by atoms with Crippen molar-refractivity contribution in [3.05, 3.63) is 58.1 Å². The molecule has 1 N–H and O–H groups in total. The van der Waals surface area contributed by atoms with E-state index in [1.54, 1.807) is 10.7 Å². The Labute approximate surface area is 123 Å². The molecule has 0 amide bonds. The van der Waals surface area contributed by atoms with Crippen molar-refractivity contribution in [1.29, 1.82) is 0 Å². The fraction of sp³-hybridized carbons (Fsp3) is 0.294. The maximum atomic E-state index is 12.6. The van der Waals surface area contributed by atoms with Gasteiger partial charge in [-0.1, -0.05) is 44.2 Å². The van der Waals surface area contributed by atoms with Gasteiger partial charge in [0, 0.05) is 23.0 Å². The number of aryl methyl sites for hydroxylation is 1. The Bertz CT molecular complexity index is 828. The van der Waals surface area contributed by atoms with Crippen LogP contribution >= 0.6 is 0 Å². The number of benzene rings is 1. The van der Waals surface area contributed by atoms with E-state index in [9.17, 15) is 4.79 Å². The van der Waals surface area contributed by atoms with Crippen LogP contribution in [0.2, 0.25) is 0 Å². The van der Waals surface area contributed by atoms with Gasteiger partial charge in [-0.25, -0.2) is 9.50 Å². The van der Waals surface area contributed by atoms with Gasteiger partial charge in [-0.15, -0.1) is 0 Å². The number of nitrogens with one attached hydrogen (secondary N) is 1. The molecule has 0 aliphatic rings. The molecule has 0 bridgehead atoms. The van der Waals surface area contributed by atoms with E-state index in [0.29, 0.717) is 11.6 Å². The number of rotatable bonds is 3. The van der Waals surface area contributed by atoms with E-state index in [1.807, 2.05) is 37.3 Å². The summed E-state index contributed by atoms with van der Waals surface area (Å²) in [6.07, 6.45) is 2.46. The summed E-state index contributed by atoms with van der Waals surface area (Å²) in [5, 5.41) is 3.15. The molecule has 0 saturated carbocycles. The van der Waals surface area contributed by atoms with Crippen molar-refractivity contribution in [2.75, 3.05) is 0 Å². The molecule has 0 atom stereocenters. The lowest BCUT2D eigenvalue weighted by Gasteiger charge is -2.04. The molecule has 0 radical (unpaired) electrons. The van der Waals surface area contributed by atoms with Crippen molar-refractivity contribution < 1.29 is 0 Å². The highest BCUT2D eigenvalue weighted by Gasteiger charge is 2.15. The summed E-state index contributed by atoms with van der Waals surface area (Å²) >= 11 is 0. The van der Waals surface area contributed by atoms with Crippen molar-refractivity contribution in [2.45, 2.75) is 27.2 Å². The molecule has 21 heavy (non-hydrogen) atoms. The van der Waals surface area contributed by atoms with Crippen molar-refractivity contribution in [3.8, 4) is 11.1 Å². The summed E-state index contributed by atoms with van der Waals surface area (Å²) in [6.45, 7) is 6.17. The average molecular weight is 281 g/mol. The Morgan fingerprint density at radius 2 is 1.95 bits per heavy atom. The third-order valence-electron chi connectivity index (χ3n) is 3.60. The molecule has 3 rings (SSSR count). The van der Waals surface area contributed by atoms with Gasteiger partial charge in [0.05, 0.1) is 0 Å². The quantitative estimate of drug-likeness (QED) is 0.801. The lowest BCUT2D eigenvalue weighted by atomic mass is 10.1. The Kier molecular flexibility index (Phi) is 3.37. The van der Waals surface area contributed by atoms with Crippen LogP contribution < -0.4 is 5.56 Å². The molecule has 0 spiro atoms. The number of H-pyrrole nitrogens is 1. The normalized spacial score (nSPS) is 11.4. The highest BCUT2D eigenvalue weighted by molar-refractivity contribution is 5.79. The van der Waals surface area contributed by atoms with Crippen LogP contribution in [0.15, 0.2) is 41.3 Å². The standard InChI is InChI=1S/C17H19N3O/c1-11(2)9-14-10-18-16-15(13-7-5-4-6-8-13)12(3)19-20(16)17(14)21/h4-8,10-11,19H,9H2,1-3H3. The van der Waals surface area contributed by atoms with Gasteiger partial charge < -0.3 is 0 Å². The maximum Gasteiger partial charge on any atom is 0.275 e. The minimum Gasteiger partial charge on any atom is -0.293 e. The van der Waals surface area contributed by atoms with Crippen LogP contribution in [0, 0.1) is 12.8 Å². The monoisotopic (exact) mass is 281 g/mol. The SMILES string of the molecule is Cc1[nH]n2c(=O)c(CC(C)C)cnc2c1-c1ccccc1. The van der Waals surface area contributed by atoms with Crippen molar-refractivity contribution >= 4 is 5.65 Å². The van der Waals surface area contributed by atoms with E-state index < -0.39 is 0 Å². The Hall–Kier alpha value is -2.36. The average Bonchev–Trinajstić information content (AvgIpc) is 2.80. The first-order valence-corrected chi connectivity index (χ1v) is 7.22. The van der Waals surface area contributed by atoms with Crippen LogP contribution in [-0.4, -0.2) is 14.6 Å². The molecule has 3 aromatic rings. The van der Waals surface area contributed by atoms with E-state index >= 15 is 0 Å². The van der Waals surface area contributed by atoms with Crippen LogP contribution in [0.25, 0.3) is 16.8 Å². The zero-order chi connectivity index (χ0) is 15.0. The maximum absolute atomic E-state index is 12.6. The molecule has 108 valence electrons. The fourth-order valence-electron chi connectivity index (χ4n) is 2.69. The van der Waals surface area contributed by atoms with Gasteiger partial charge >= 0.3 is 0 Å². The van der Waals surface area contributed by atoms with E-state index in [0.717, 1.165) is 28.8 Å². The lowest BCUT2D eigenvalue weighted by molar-refractivity contribution is 0.636. The summed E-state index contributed by atoms with van der Waals surface area (Å²) in [4.78, 5) is 17.1. The number of nitrogens with zero attached hydrogens (tertiary/aromatic N) is 2. The first-order chi connectivity index (χ1) is 10.1. The van der Waals surface area contributed by atoms with E-state index in [4.69, 9.17) is 0 Å². The zero-order valence-corrected chi connectivity index (χ0v) is 12.6. The second-order valence-electron chi connectivity index (χ2n) is 5.82. The fourth-order valence-corrected chi connectivity index (χ4v) is 2.69. The molecule has 0 saturated heterocycles. The predicted octanol–water partition coefficient (Wildman–Crippen LogP) is 3.20. The van der Waals surface area contributed by atoms with Gasteiger partial charge in [0.1, 0.15) is 0 Å². The van der Waals surface area contributed by atoms with Gasteiger partial charge in [0.15, 0.2) is 5.65 Å². The summed E-state index contributed by atoms with van der Waals surface area (Å²) in [5.74, 6) is 0.433. The van der Waals surface area contributed by atoms with E-state index in [2.05, 4.69) is 23.9 Å². The molecule has 4 heteroatoms. The number of hydrogen-bond acceptors (Lipinski definition) is 2. The Balaban J connectivity index is 2.23. The molecule has 1 aromatic carbocycles. The lowest BCUT2D eigenvalue weighted by Crippen LogP contribution is -2.20. The molecular weight excluding hydrogens is 262 g/mol.